The zero-order valence-electron chi connectivity index (χ0n) is 10.00. The first-order chi connectivity index (χ1) is 8.08. The summed E-state index contributed by atoms with van der Waals surface area (Å²) < 4.78 is 5.06. The molecule has 1 amide bonds. The second-order valence-corrected chi connectivity index (χ2v) is 4.14. The Morgan fingerprint density at radius 1 is 1.59 bits per heavy atom. The third kappa shape index (κ3) is 3.91. The number of amides is 1. The molecule has 0 aliphatic carbocycles. The van der Waals surface area contributed by atoms with Crippen molar-refractivity contribution in [3.8, 4) is 5.75 Å². The average molecular weight is 257 g/mol. The molecule has 3 N–H and O–H groups in total. The molecule has 0 spiro atoms. The van der Waals surface area contributed by atoms with E-state index in [4.69, 9.17) is 22.1 Å². The van der Waals surface area contributed by atoms with Crippen molar-refractivity contribution in [3.05, 3.63) is 23.2 Å². The predicted octanol–water partition coefficient (Wildman–Crippen LogP) is 2.41. The summed E-state index contributed by atoms with van der Waals surface area (Å²) in [6.45, 7) is 1.98. The average Bonchev–Trinajstić information content (AvgIpc) is 2.32. The zero-order valence-corrected chi connectivity index (χ0v) is 10.8. The maximum atomic E-state index is 11.7. The lowest BCUT2D eigenvalue weighted by Gasteiger charge is -2.13. The van der Waals surface area contributed by atoms with Gasteiger partial charge in [0.1, 0.15) is 5.75 Å². The number of rotatable bonds is 5. The fraction of sp³-hybridized carbons (Fsp3) is 0.417. The molecule has 17 heavy (non-hydrogen) atoms. The van der Waals surface area contributed by atoms with Gasteiger partial charge in [-0.3, -0.25) is 4.79 Å². The molecule has 0 saturated heterocycles. The van der Waals surface area contributed by atoms with Crippen LogP contribution in [-0.2, 0) is 4.79 Å². The lowest BCUT2D eigenvalue weighted by Crippen LogP contribution is -2.35. The molecule has 0 bridgehead atoms. The molecule has 0 aliphatic rings. The highest BCUT2D eigenvalue weighted by Crippen LogP contribution is 2.26. The summed E-state index contributed by atoms with van der Waals surface area (Å²) in [5, 5.41) is 3.15. The van der Waals surface area contributed by atoms with Gasteiger partial charge in [0.25, 0.3) is 0 Å². The number of nitrogens with one attached hydrogen (secondary N) is 1. The Bertz CT molecular complexity index is 396. The molecule has 1 aromatic carbocycles. The fourth-order valence-corrected chi connectivity index (χ4v) is 1.56. The van der Waals surface area contributed by atoms with Gasteiger partial charge in [-0.05, 0) is 18.6 Å². The van der Waals surface area contributed by atoms with Gasteiger partial charge in [0, 0.05) is 6.07 Å². The standard InChI is InChI=1S/C12H17ClN2O2/c1-3-4-10(14)12(16)15-11-7-8(17-2)5-6-9(11)13/h5-7,10H,3-4,14H2,1-2H3,(H,15,16)/t10-/m0/s1. The zero-order chi connectivity index (χ0) is 12.8. The number of nitrogens with two attached hydrogens (primary N) is 1. The fourth-order valence-electron chi connectivity index (χ4n) is 1.39. The predicted molar refractivity (Wildman–Crippen MR) is 69.5 cm³/mol. The lowest BCUT2D eigenvalue weighted by molar-refractivity contribution is -0.117. The van der Waals surface area contributed by atoms with Crippen LogP contribution in [0.2, 0.25) is 5.02 Å². The Kier molecular flexibility index (Phi) is 5.25. The second-order valence-electron chi connectivity index (χ2n) is 3.73. The van der Waals surface area contributed by atoms with Crippen LogP contribution >= 0.6 is 11.6 Å². The molecule has 1 aromatic rings. The van der Waals surface area contributed by atoms with Gasteiger partial charge >= 0.3 is 0 Å². The summed E-state index contributed by atoms with van der Waals surface area (Å²) in [6.07, 6.45) is 1.51. The maximum absolute atomic E-state index is 11.7. The van der Waals surface area contributed by atoms with Crippen LogP contribution in [0.4, 0.5) is 5.69 Å². The molecular formula is C12H17ClN2O2. The Morgan fingerprint density at radius 3 is 2.88 bits per heavy atom. The van der Waals surface area contributed by atoms with Crippen molar-refractivity contribution in [2.75, 3.05) is 12.4 Å². The first-order valence-electron chi connectivity index (χ1n) is 5.48. The second kappa shape index (κ2) is 6.47. The van der Waals surface area contributed by atoms with Gasteiger partial charge in [0.05, 0.1) is 23.9 Å². The van der Waals surface area contributed by atoms with E-state index in [2.05, 4.69) is 5.32 Å². The Labute approximate surface area is 106 Å². The quantitative estimate of drug-likeness (QED) is 0.850. The Morgan fingerprint density at radius 2 is 2.29 bits per heavy atom. The molecule has 1 atom stereocenters. The van der Waals surface area contributed by atoms with Gasteiger partial charge in [0.15, 0.2) is 0 Å². The third-order valence-electron chi connectivity index (χ3n) is 2.37. The summed E-state index contributed by atoms with van der Waals surface area (Å²) in [5.41, 5.74) is 6.23. The summed E-state index contributed by atoms with van der Waals surface area (Å²) in [4.78, 5) is 11.7. The van der Waals surface area contributed by atoms with Crippen LogP contribution in [0.1, 0.15) is 19.8 Å². The van der Waals surface area contributed by atoms with Crippen LogP contribution in [0.3, 0.4) is 0 Å². The number of carbonyl (C=O) groups excluding carboxylic acids is 1. The minimum Gasteiger partial charge on any atom is -0.497 e. The summed E-state index contributed by atoms with van der Waals surface area (Å²) in [7, 11) is 1.55. The van der Waals surface area contributed by atoms with Crippen molar-refractivity contribution < 1.29 is 9.53 Å². The van der Waals surface area contributed by atoms with E-state index in [0.29, 0.717) is 22.9 Å². The number of anilines is 1. The van der Waals surface area contributed by atoms with Crippen molar-refractivity contribution in [1.29, 1.82) is 0 Å². The first-order valence-corrected chi connectivity index (χ1v) is 5.86. The van der Waals surface area contributed by atoms with Crippen molar-refractivity contribution in [3.63, 3.8) is 0 Å². The van der Waals surface area contributed by atoms with Crippen LogP contribution in [0.5, 0.6) is 5.75 Å². The van der Waals surface area contributed by atoms with E-state index in [1.54, 1.807) is 25.3 Å². The van der Waals surface area contributed by atoms with Gasteiger partial charge < -0.3 is 15.8 Å². The highest BCUT2D eigenvalue weighted by molar-refractivity contribution is 6.33. The van der Waals surface area contributed by atoms with Gasteiger partial charge in [0.2, 0.25) is 5.91 Å². The number of hydrogen-bond acceptors (Lipinski definition) is 3. The van der Waals surface area contributed by atoms with E-state index in [0.717, 1.165) is 6.42 Å². The number of carbonyl (C=O) groups is 1. The molecule has 4 nitrogen and oxygen atoms in total. The highest BCUT2D eigenvalue weighted by atomic mass is 35.5. The molecule has 0 aliphatic heterocycles. The highest BCUT2D eigenvalue weighted by Gasteiger charge is 2.14. The minimum absolute atomic E-state index is 0.234. The SMILES string of the molecule is CCC[C@H](N)C(=O)Nc1cc(OC)ccc1Cl. The Hall–Kier alpha value is -1.26. The Balaban J connectivity index is 2.76. The first kappa shape index (κ1) is 13.8. The van der Waals surface area contributed by atoms with E-state index < -0.39 is 6.04 Å². The van der Waals surface area contributed by atoms with Gasteiger partial charge in [-0.2, -0.15) is 0 Å². The molecule has 94 valence electrons. The van der Waals surface area contributed by atoms with Gasteiger partial charge in [-0.1, -0.05) is 24.9 Å². The summed E-state index contributed by atoms with van der Waals surface area (Å²) in [5.74, 6) is 0.399. The number of benzene rings is 1. The van der Waals surface area contributed by atoms with E-state index in [9.17, 15) is 4.79 Å². The summed E-state index contributed by atoms with van der Waals surface area (Å²) >= 11 is 5.97. The van der Waals surface area contributed by atoms with Crippen molar-refractivity contribution >= 4 is 23.2 Å². The number of halogens is 1. The molecule has 1 rings (SSSR count). The van der Waals surface area contributed by atoms with Crippen LogP contribution < -0.4 is 15.8 Å². The van der Waals surface area contributed by atoms with Crippen molar-refractivity contribution in [2.45, 2.75) is 25.8 Å². The molecule has 0 radical (unpaired) electrons. The van der Waals surface area contributed by atoms with E-state index in [1.165, 1.54) is 0 Å². The molecule has 0 saturated carbocycles. The maximum Gasteiger partial charge on any atom is 0.241 e. The van der Waals surface area contributed by atoms with E-state index >= 15 is 0 Å². The van der Waals surface area contributed by atoms with E-state index in [1.807, 2.05) is 6.92 Å². The van der Waals surface area contributed by atoms with E-state index in [-0.39, 0.29) is 5.91 Å². The number of hydrogen-bond donors (Lipinski definition) is 2. The molecular weight excluding hydrogens is 240 g/mol. The van der Waals surface area contributed by atoms with Crippen LogP contribution in [0.15, 0.2) is 18.2 Å². The summed E-state index contributed by atoms with van der Waals surface area (Å²) in [6, 6.07) is 4.55. The van der Waals surface area contributed by atoms with Crippen LogP contribution in [0.25, 0.3) is 0 Å². The minimum atomic E-state index is -0.512. The molecule has 0 fully saturated rings. The molecule has 0 aromatic heterocycles. The van der Waals surface area contributed by atoms with Crippen LogP contribution in [-0.4, -0.2) is 19.1 Å². The van der Waals surface area contributed by atoms with Crippen molar-refractivity contribution in [2.24, 2.45) is 5.73 Å². The van der Waals surface area contributed by atoms with Gasteiger partial charge in [-0.15, -0.1) is 0 Å². The topological polar surface area (TPSA) is 64.4 Å². The number of ether oxygens (including phenoxy) is 1. The van der Waals surface area contributed by atoms with Crippen LogP contribution in [0, 0.1) is 0 Å². The third-order valence-corrected chi connectivity index (χ3v) is 2.70. The lowest BCUT2D eigenvalue weighted by atomic mass is 10.1. The smallest absolute Gasteiger partial charge is 0.241 e. The monoisotopic (exact) mass is 256 g/mol. The van der Waals surface area contributed by atoms with Crippen molar-refractivity contribution in [1.82, 2.24) is 0 Å². The molecule has 0 unspecified atom stereocenters. The molecule has 0 heterocycles. The normalized spacial score (nSPS) is 12.0. The van der Waals surface area contributed by atoms with Gasteiger partial charge in [-0.25, -0.2) is 0 Å². The number of methoxy groups -OCH3 is 1. The largest absolute Gasteiger partial charge is 0.497 e. The molecule has 5 heteroatoms.